The normalized spacial score (nSPS) is 11.6. The van der Waals surface area contributed by atoms with E-state index in [0.29, 0.717) is 0 Å². The monoisotopic (exact) mass is 385 g/mol. The minimum atomic E-state index is -2.38. The van der Waals surface area contributed by atoms with Gasteiger partial charge in [0.25, 0.3) is 0 Å². The van der Waals surface area contributed by atoms with E-state index < -0.39 is 18.4 Å². The minimum absolute atomic E-state index is 0.956. The maximum atomic E-state index is 5.77. The van der Waals surface area contributed by atoms with Crippen LogP contribution in [0.1, 0.15) is 0 Å². The Balaban J connectivity index is 2.23. The summed E-state index contributed by atoms with van der Waals surface area (Å²) in [6, 6.07) is 20.6. The summed E-state index contributed by atoms with van der Waals surface area (Å²) in [4.78, 5) is 7.21. The van der Waals surface area contributed by atoms with Crippen molar-refractivity contribution in [2.45, 2.75) is 14.8 Å². The molecular formula is C18H19NOSn. The molecule has 0 unspecified atom stereocenters. The Bertz CT molecular complexity index is 670. The van der Waals surface area contributed by atoms with Gasteiger partial charge in [0.05, 0.1) is 0 Å². The molecule has 0 aliphatic carbocycles. The molecule has 0 saturated carbocycles. The Labute approximate surface area is 129 Å². The van der Waals surface area contributed by atoms with Crippen molar-refractivity contribution in [3.63, 3.8) is 0 Å². The third-order valence-electron chi connectivity index (χ3n) is 3.53. The summed E-state index contributed by atoms with van der Waals surface area (Å²) in [6.45, 7) is 0. The summed E-state index contributed by atoms with van der Waals surface area (Å²) < 4.78 is 7.13. The standard InChI is InChI=1S/C15H10NO.3CH3.Sn/c1-3-7-12(8-4-1)14-11-15(17-16-14)13-9-5-2-6-10-13;;;;/h1-10H;3*1H3;. The molecule has 2 nitrogen and oxygen atoms in total. The van der Waals surface area contributed by atoms with Gasteiger partial charge >= 0.3 is 130 Å². The SMILES string of the molecule is [CH3][Sn]([CH3])([CH3])[c]1c(-c2ccccc2)noc1-c1ccccc1. The fraction of sp³-hybridized carbons (Fsp3) is 0.167. The van der Waals surface area contributed by atoms with Crippen LogP contribution in [0.5, 0.6) is 0 Å². The van der Waals surface area contributed by atoms with E-state index in [1.165, 1.54) is 3.58 Å². The topological polar surface area (TPSA) is 26.0 Å². The molecule has 1 aromatic heterocycles. The Morgan fingerprint density at radius 2 is 1.29 bits per heavy atom. The molecule has 106 valence electrons. The van der Waals surface area contributed by atoms with E-state index in [1.54, 1.807) is 0 Å². The number of benzene rings is 2. The molecule has 2 aromatic carbocycles. The van der Waals surface area contributed by atoms with E-state index in [9.17, 15) is 0 Å². The Hall–Kier alpha value is -1.55. The van der Waals surface area contributed by atoms with Crippen LogP contribution in [0, 0.1) is 0 Å². The summed E-state index contributed by atoms with van der Waals surface area (Å²) in [5.74, 6) is 0.956. The predicted molar refractivity (Wildman–Crippen MR) is 90.4 cm³/mol. The summed E-state index contributed by atoms with van der Waals surface area (Å²) in [7, 11) is 0. The van der Waals surface area contributed by atoms with Crippen LogP contribution in [-0.4, -0.2) is 23.5 Å². The van der Waals surface area contributed by atoms with Gasteiger partial charge in [-0.25, -0.2) is 0 Å². The Morgan fingerprint density at radius 1 is 0.762 bits per heavy atom. The third-order valence-corrected chi connectivity index (χ3v) is 9.13. The average molecular weight is 384 g/mol. The zero-order chi connectivity index (χ0) is 14.9. The number of hydrogen-bond acceptors (Lipinski definition) is 2. The summed E-state index contributed by atoms with van der Waals surface area (Å²) in [6.07, 6.45) is 0. The van der Waals surface area contributed by atoms with Crippen LogP contribution >= 0.6 is 0 Å². The Morgan fingerprint density at radius 3 is 1.81 bits per heavy atom. The first-order valence-corrected chi connectivity index (χ1v) is 17.2. The number of hydrogen-bond donors (Lipinski definition) is 0. The van der Waals surface area contributed by atoms with E-state index in [0.717, 1.165) is 22.6 Å². The van der Waals surface area contributed by atoms with Crippen molar-refractivity contribution in [2.75, 3.05) is 0 Å². The van der Waals surface area contributed by atoms with Crippen molar-refractivity contribution in [3.05, 3.63) is 60.7 Å². The molecule has 3 aromatic rings. The van der Waals surface area contributed by atoms with Gasteiger partial charge in [-0.15, -0.1) is 0 Å². The van der Waals surface area contributed by atoms with Crippen LogP contribution in [0.2, 0.25) is 14.8 Å². The zero-order valence-corrected chi connectivity index (χ0v) is 15.5. The zero-order valence-electron chi connectivity index (χ0n) is 12.6. The van der Waals surface area contributed by atoms with Gasteiger partial charge in [-0.2, -0.15) is 0 Å². The molecule has 0 fully saturated rings. The maximum absolute atomic E-state index is 5.77. The second kappa shape index (κ2) is 5.68. The molecule has 1 heterocycles. The molecule has 3 rings (SSSR count). The average Bonchev–Trinajstić information content (AvgIpc) is 2.94. The predicted octanol–water partition coefficient (Wildman–Crippen LogP) is 4.55. The van der Waals surface area contributed by atoms with Crippen molar-refractivity contribution < 1.29 is 4.52 Å². The van der Waals surface area contributed by atoms with Crippen molar-refractivity contribution in [1.29, 1.82) is 0 Å². The van der Waals surface area contributed by atoms with Crippen molar-refractivity contribution in [3.8, 4) is 22.6 Å². The molecule has 0 atom stereocenters. The molecule has 3 heteroatoms. The number of rotatable bonds is 3. The Kier molecular flexibility index (Phi) is 3.89. The molecule has 0 radical (unpaired) electrons. The van der Waals surface area contributed by atoms with Crippen LogP contribution in [-0.2, 0) is 0 Å². The second-order valence-electron chi connectivity index (χ2n) is 6.22. The fourth-order valence-corrected chi connectivity index (χ4v) is 7.62. The molecule has 0 amide bonds. The summed E-state index contributed by atoms with van der Waals surface area (Å²) >= 11 is -2.38. The molecule has 0 saturated heterocycles. The van der Waals surface area contributed by atoms with E-state index in [2.05, 4.69) is 44.2 Å². The molecular weight excluding hydrogens is 365 g/mol. The number of nitrogens with zero attached hydrogens (tertiary/aromatic N) is 1. The first-order valence-electron chi connectivity index (χ1n) is 7.18. The van der Waals surface area contributed by atoms with Gasteiger partial charge in [0.15, 0.2) is 0 Å². The van der Waals surface area contributed by atoms with E-state index >= 15 is 0 Å². The molecule has 0 bridgehead atoms. The summed E-state index contributed by atoms with van der Waals surface area (Å²) in [5, 5.41) is 4.41. The van der Waals surface area contributed by atoms with Gasteiger partial charge < -0.3 is 0 Å². The van der Waals surface area contributed by atoms with Gasteiger partial charge in [0.2, 0.25) is 0 Å². The van der Waals surface area contributed by atoms with Crippen LogP contribution < -0.4 is 3.58 Å². The number of aromatic nitrogens is 1. The first-order chi connectivity index (χ1) is 10.1. The van der Waals surface area contributed by atoms with Gasteiger partial charge in [0, 0.05) is 0 Å². The molecule has 0 spiro atoms. The van der Waals surface area contributed by atoms with Gasteiger partial charge in [0.1, 0.15) is 0 Å². The molecule has 0 aliphatic heterocycles. The third kappa shape index (κ3) is 2.91. The van der Waals surface area contributed by atoms with Crippen molar-refractivity contribution in [2.24, 2.45) is 0 Å². The fourth-order valence-electron chi connectivity index (χ4n) is 2.57. The van der Waals surface area contributed by atoms with Gasteiger partial charge in [-0.05, 0) is 0 Å². The van der Waals surface area contributed by atoms with Gasteiger partial charge in [-0.1, -0.05) is 0 Å². The molecule has 21 heavy (non-hydrogen) atoms. The molecule has 0 aliphatic rings. The summed E-state index contributed by atoms with van der Waals surface area (Å²) in [5.41, 5.74) is 3.29. The van der Waals surface area contributed by atoms with Crippen LogP contribution in [0.4, 0.5) is 0 Å². The van der Waals surface area contributed by atoms with E-state index in [-0.39, 0.29) is 0 Å². The first kappa shape index (κ1) is 14.4. The van der Waals surface area contributed by atoms with Crippen LogP contribution in [0.3, 0.4) is 0 Å². The van der Waals surface area contributed by atoms with E-state index in [4.69, 9.17) is 4.52 Å². The molecule has 0 N–H and O–H groups in total. The van der Waals surface area contributed by atoms with Crippen molar-refractivity contribution in [1.82, 2.24) is 5.16 Å². The van der Waals surface area contributed by atoms with Crippen LogP contribution in [0.25, 0.3) is 22.6 Å². The van der Waals surface area contributed by atoms with Gasteiger partial charge in [-0.3, -0.25) is 0 Å². The second-order valence-corrected chi connectivity index (χ2v) is 20.5. The van der Waals surface area contributed by atoms with Crippen LogP contribution in [0.15, 0.2) is 65.2 Å². The van der Waals surface area contributed by atoms with Crippen molar-refractivity contribution >= 4 is 22.0 Å². The quantitative estimate of drug-likeness (QED) is 0.620. The van der Waals surface area contributed by atoms with E-state index in [1.807, 2.05) is 36.4 Å².